The van der Waals surface area contributed by atoms with Crippen LogP contribution in [0.5, 0.6) is 5.75 Å². The van der Waals surface area contributed by atoms with Crippen molar-refractivity contribution in [2.24, 2.45) is 0 Å². The maximum atomic E-state index is 10.4. The maximum absolute atomic E-state index is 10.4. The summed E-state index contributed by atoms with van der Waals surface area (Å²) in [6.07, 6.45) is 2.36. The number of fused-ring (bicyclic) bond motifs is 1. The first kappa shape index (κ1) is 16.2. The van der Waals surface area contributed by atoms with Crippen LogP contribution in [0.25, 0.3) is 16.8 Å². The van der Waals surface area contributed by atoms with E-state index in [2.05, 4.69) is 34.1 Å². The second-order valence-electron chi connectivity index (χ2n) is 5.22. The van der Waals surface area contributed by atoms with Crippen LogP contribution < -0.4 is 4.74 Å². The van der Waals surface area contributed by atoms with Gasteiger partial charge in [0.25, 0.3) is 0 Å². The highest BCUT2D eigenvalue weighted by Gasteiger charge is 2.05. The Morgan fingerprint density at radius 1 is 1.08 bits per heavy atom. The van der Waals surface area contributed by atoms with Crippen molar-refractivity contribution in [2.45, 2.75) is 6.61 Å². The van der Waals surface area contributed by atoms with Crippen LogP contribution in [0.4, 0.5) is 0 Å². The van der Waals surface area contributed by atoms with Crippen LogP contribution in [0.1, 0.15) is 11.1 Å². The smallest absolute Gasteiger partial charge is 0.235 e. The molecule has 0 N–H and O–H groups in total. The molecule has 0 aliphatic rings. The Hall–Kier alpha value is -2.66. The third-order valence-electron chi connectivity index (χ3n) is 3.61. The van der Waals surface area contributed by atoms with Crippen molar-refractivity contribution < 1.29 is 9.66 Å². The molecule has 0 spiro atoms. The summed E-state index contributed by atoms with van der Waals surface area (Å²) in [4.78, 5) is 9.89. The lowest BCUT2D eigenvalue weighted by molar-refractivity contribution is -0.400. The topological polar surface area (TPSA) is 52.4 Å². The molecule has 0 aliphatic carbocycles. The molecule has 0 aromatic heterocycles. The molecular weight excluding hydrogens is 370 g/mol. The van der Waals surface area contributed by atoms with Gasteiger partial charge in [0.1, 0.15) is 12.4 Å². The van der Waals surface area contributed by atoms with Crippen molar-refractivity contribution >= 4 is 32.8 Å². The zero-order valence-corrected chi connectivity index (χ0v) is 14.3. The number of ether oxygens (including phenoxy) is 1. The molecule has 0 fully saturated rings. The summed E-state index contributed by atoms with van der Waals surface area (Å²) >= 11 is 3.45. The van der Waals surface area contributed by atoms with E-state index in [1.807, 2.05) is 24.3 Å². The monoisotopic (exact) mass is 383 g/mol. The van der Waals surface area contributed by atoms with Gasteiger partial charge in [0.2, 0.25) is 6.20 Å². The average molecular weight is 384 g/mol. The summed E-state index contributed by atoms with van der Waals surface area (Å²) in [5.74, 6) is 0.696. The van der Waals surface area contributed by atoms with E-state index >= 15 is 0 Å². The second-order valence-corrected chi connectivity index (χ2v) is 6.07. The van der Waals surface area contributed by atoms with Gasteiger partial charge in [-0.2, -0.15) is 0 Å². The van der Waals surface area contributed by atoms with Crippen LogP contribution in [0.2, 0.25) is 0 Å². The highest BCUT2D eigenvalue weighted by molar-refractivity contribution is 9.10. The molecule has 0 amide bonds. The fraction of sp³-hybridized carbons (Fsp3) is 0.0526. The molecule has 0 heterocycles. The minimum atomic E-state index is -0.487. The fourth-order valence-corrected chi connectivity index (χ4v) is 2.97. The summed E-state index contributed by atoms with van der Waals surface area (Å²) in [5.41, 5.74) is 1.84. The zero-order valence-electron chi connectivity index (χ0n) is 12.7. The SMILES string of the molecule is O=[N+]([O-])/C=C/c1ccc(OCc2cccc3ccccc23)c(Br)c1. The predicted molar refractivity (Wildman–Crippen MR) is 98.5 cm³/mol. The van der Waals surface area contributed by atoms with E-state index < -0.39 is 4.92 Å². The minimum absolute atomic E-state index is 0.448. The standard InChI is InChI=1S/C19H14BrNO3/c20-18-12-14(10-11-21(22)23)8-9-19(18)24-13-16-6-3-5-15-4-1-2-7-17(15)16/h1-12H,13H2/b11-10+. The number of halogens is 1. The highest BCUT2D eigenvalue weighted by Crippen LogP contribution is 2.28. The molecule has 0 aliphatic heterocycles. The van der Waals surface area contributed by atoms with Gasteiger partial charge in [-0.25, -0.2) is 0 Å². The Labute approximate surface area is 147 Å². The number of benzene rings is 3. The lowest BCUT2D eigenvalue weighted by Gasteiger charge is -2.11. The third kappa shape index (κ3) is 3.81. The summed E-state index contributed by atoms with van der Waals surface area (Å²) < 4.78 is 6.66. The highest BCUT2D eigenvalue weighted by atomic mass is 79.9. The van der Waals surface area contributed by atoms with Gasteiger partial charge in [-0.1, -0.05) is 48.5 Å². The number of nitro groups is 1. The van der Waals surface area contributed by atoms with Gasteiger partial charge < -0.3 is 4.74 Å². The molecule has 0 bridgehead atoms. The van der Waals surface area contributed by atoms with Gasteiger partial charge in [-0.15, -0.1) is 0 Å². The Kier molecular flexibility index (Phi) is 4.91. The van der Waals surface area contributed by atoms with E-state index in [1.54, 1.807) is 18.2 Å². The van der Waals surface area contributed by atoms with E-state index in [0.717, 1.165) is 21.8 Å². The van der Waals surface area contributed by atoms with Crippen LogP contribution in [0.3, 0.4) is 0 Å². The summed E-state index contributed by atoms with van der Waals surface area (Å²) in [6.45, 7) is 0.448. The van der Waals surface area contributed by atoms with Gasteiger partial charge in [-0.3, -0.25) is 10.1 Å². The van der Waals surface area contributed by atoms with Crippen molar-refractivity contribution in [1.82, 2.24) is 0 Å². The van der Waals surface area contributed by atoms with E-state index in [-0.39, 0.29) is 0 Å². The van der Waals surface area contributed by atoms with Gasteiger partial charge in [0, 0.05) is 6.08 Å². The first-order valence-electron chi connectivity index (χ1n) is 7.34. The van der Waals surface area contributed by atoms with Crippen LogP contribution >= 0.6 is 15.9 Å². The van der Waals surface area contributed by atoms with Crippen molar-refractivity contribution in [3.63, 3.8) is 0 Å². The molecule has 24 heavy (non-hydrogen) atoms. The molecule has 3 aromatic rings. The van der Waals surface area contributed by atoms with E-state index in [1.165, 1.54) is 16.8 Å². The predicted octanol–water partition coefficient (Wildman–Crippen LogP) is 5.43. The van der Waals surface area contributed by atoms with Crippen molar-refractivity contribution in [3.05, 3.63) is 92.6 Å². The van der Waals surface area contributed by atoms with Crippen LogP contribution in [-0.4, -0.2) is 4.92 Å². The first-order valence-corrected chi connectivity index (χ1v) is 8.13. The summed E-state index contributed by atoms with van der Waals surface area (Å²) in [6, 6.07) is 19.7. The molecule has 0 radical (unpaired) electrons. The molecule has 0 saturated carbocycles. The van der Waals surface area contributed by atoms with Gasteiger partial charge in [-0.05, 0) is 50.0 Å². The largest absolute Gasteiger partial charge is 0.488 e. The maximum Gasteiger partial charge on any atom is 0.235 e. The molecule has 3 rings (SSSR count). The van der Waals surface area contributed by atoms with E-state index in [0.29, 0.717) is 12.4 Å². The Morgan fingerprint density at radius 2 is 1.88 bits per heavy atom. The van der Waals surface area contributed by atoms with Crippen molar-refractivity contribution in [1.29, 1.82) is 0 Å². The molecular formula is C19H14BrNO3. The summed E-state index contributed by atoms with van der Waals surface area (Å²) in [5, 5.41) is 12.7. The van der Waals surface area contributed by atoms with Crippen LogP contribution in [0.15, 0.2) is 71.3 Å². The number of hydrogen-bond donors (Lipinski definition) is 0. The van der Waals surface area contributed by atoms with Crippen molar-refractivity contribution in [2.75, 3.05) is 0 Å². The Morgan fingerprint density at radius 3 is 2.67 bits per heavy atom. The first-order chi connectivity index (χ1) is 11.6. The molecule has 0 atom stereocenters. The average Bonchev–Trinajstić information content (AvgIpc) is 2.59. The van der Waals surface area contributed by atoms with Gasteiger partial charge in [0.05, 0.1) is 9.40 Å². The minimum Gasteiger partial charge on any atom is -0.488 e. The molecule has 4 nitrogen and oxygen atoms in total. The Balaban J connectivity index is 1.78. The molecule has 120 valence electrons. The molecule has 5 heteroatoms. The summed E-state index contributed by atoms with van der Waals surface area (Å²) in [7, 11) is 0. The lowest BCUT2D eigenvalue weighted by Crippen LogP contribution is -1.97. The third-order valence-corrected chi connectivity index (χ3v) is 4.23. The van der Waals surface area contributed by atoms with Gasteiger partial charge >= 0.3 is 0 Å². The normalized spacial score (nSPS) is 11.0. The molecule has 3 aromatic carbocycles. The van der Waals surface area contributed by atoms with E-state index in [4.69, 9.17) is 4.74 Å². The van der Waals surface area contributed by atoms with Crippen molar-refractivity contribution in [3.8, 4) is 5.75 Å². The molecule has 0 unspecified atom stereocenters. The molecule has 0 saturated heterocycles. The fourth-order valence-electron chi connectivity index (χ4n) is 2.46. The van der Waals surface area contributed by atoms with Crippen LogP contribution in [0, 0.1) is 10.1 Å². The number of hydrogen-bond acceptors (Lipinski definition) is 3. The second kappa shape index (κ2) is 7.27. The zero-order chi connectivity index (χ0) is 16.9. The lowest BCUT2D eigenvalue weighted by atomic mass is 10.1. The van der Waals surface area contributed by atoms with Crippen LogP contribution in [-0.2, 0) is 6.61 Å². The van der Waals surface area contributed by atoms with Gasteiger partial charge in [0.15, 0.2) is 0 Å². The van der Waals surface area contributed by atoms with E-state index in [9.17, 15) is 10.1 Å². The number of nitrogens with zero attached hydrogens (tertiary/aromatic N) is 1. The quantitative estimate of drug-likeness (QED) is 0.436. The Bertz CT molecular complexity index is 916. The number of rotatable bonds is 5.